The topological polar surface area (TPSA) is 67.4 Å². The third kappa shape index (κ3) is 3.96. The summed E-state index contributed by atoms with van der Waals surface area (Å²) in [5.41, 5.74) is 0.547. The number of carbonyl (C=O) groups excluding carboxylic acids is 2. The lowest BCUT2D eigenvalue weighted by molar-refractivity contribution is -0.122. The van der Waals surface area contributed by atoms with Gasteiger partial charge in [0.15, 0.2) is 0 Å². The Morgan fingerprint density at radius 3 is 2.60 bits per heavy atom. The minimum Gasteiger partial charge on any atom is -0.496 e. The Labute approximate surface area is 126 Å². The Hall–Kier alpha value is -1.56. The number of ether oxygens (including phenoxy) is 1. The Morgan fingerprint density at radius 2 is 2.00 bits per heavy atom. The number of hydrogen-bond donors (Lipinski definition) is 2. The number of rotatable bonds is 6. The van der Waals surface area contributed by atoms with Gasteiger partial charge in [0.2, 0.25) is 5.91 Å². The maximum absolute atomic E-state index is 11.9. The Bertz CT molecular complexity index is 515. The molecule has 0 spiro atoms. The third-order valence-electron chi connectivity index (χ3n) is 3.07. The van der Waals surface area contributed by atoms with Crippen molar-refractivity contribution in [1.29, 1.82) is 0 Å². The Morgan fingerprint density at radius 1 is 1.30 bits per heavy atom. The van der Waals surface area contributed by atoms with E-state index in [0.29, 0.717) is 24.4 Å². The molecule has 2 amide bonds. The molecule has 1 aromatic carbocycles. The van der Waals surface area contributed by atoms with Crippen molar-refractivity contribution in [1.82, 2.24) is 10.6 Å². The summed E-state index contributed by atoms with van der Waals surface area (Å²) in [4.78, 5) is 23.3. The zero-order chi connectivity index (χ0) is 14.5. The predicted molar refractivity (Wildman–Crippen MR) is 78.8 cm³/mol. The second-order valence-corrected chi connectivity index (χ2v) is 5.52. The van der Waals surface area contributed by atoms with Gasteiger partial charge in [-0.3, -0.25) is 9.59 Å². The van der Waals surface area contributed by atoms with E-state index in [1.165, 1.54) is 0 Å². The summed E-state index contributed by atoms with van der Waals surface area (Å²) in [6.07, 6.45) is 1.97. The Kier molecular flexibility index (Phi) is 5.00. The highest BCUT2D eigenvalue weighted by atomic mass is 79.9. The van der Waals surface area contributed by atoms with E-state index in [0.717, 1.165) is 17.3 Å². The summed E-state index contributed by atoms with van der Waals surface area (Å²) < 4.78 is 5.84. The highest BCUT2D eigenvalue weighted by Gasteiger charge is 2.28. The summed E-state index contributed by atoms with van der Waals surface area (Å²) in [5, 5.41) is 5.56. The fraction of sp³-hybridized carbons (Fsp3) is 0.429. The first-order valence-electron chi connectivity index (χ1n) is 6.51. The molecule has 1 saturated carbocycles. The number of benzene rings is 1. The van der Waals surface area contributed by atoms with Gasteiger partial charge in [-0.2, -0.15) is 0 Å². The number of hydrogen-bond acceptors (Lipinski definition) is 3. The summed E-state index contributed by atoms with van der Waals surface area (Å²) in [6, 6.07) is 5.13. The van der Waals surface area contributed by atoms with Crippen molar-refractivity contribution in [3.63, 3.8) is 0 Å². The molecule has 2 rings (SSSR count). The smallest absolute Gasteiger partial charge is 0.251 e. The molecule has 2 N–H and O–H groups in total. The van der Waals surface area contributed by atoms with Crippen LogP contribution in [0.15, 0.2) is 22.7 Å². The molecule has 1 fully saturated rings. The van der Waals surface area contributed by atoms with Crippen molar-refractivity contribution in [3.8, 4) is 5.75 Å². The van der Waals surface area contributed by atoms with E-state index in [-0.39, 0.29) is 17.7 Å². The molecule has 1 aliphatic carbocycles. The molecule has 1 aromatic rings. The average molecular weight is 341 g/mol. The highest BCUT2D eigenvalue weighted by molar-refractivity contribution is 9.10. The normalized spacial score (nSPS) is 13.7. The number of amides is 2. The van der Waals surface area contributed by atoms with Crippen molar-refractivity contribution in [2.75, 3.05) is 20.2 Å². The standard InChI is InChI=1S/C14H17BrN2O3/c1-20-12-5-4-10(8-11(12)15)14(19)17-7-6-16-13(18)9-2-3-9/h4-5,8-9H,2-3,6-7H2,1H3,(H,16,18)(H,17,19). The van der Waals surface area contributed by atoms with Crippen LogP contribution in [-0.2, 0) is 4.79 Å². The summed E-state index contributed by atoms with van der Waals surface area (Å²) in [5.74, 6) is 0.793. The van der Waals surface area contributed by atoms with Gasteiger partial charge in [-0.15, -0.1) is 0 Å². The third-order valence-corrected chi connectivity index (χ3v) is 3.69. The van der Waals surface area contributed by atoms with Gasteiger partial charge in [0.05, 0.1) is 11.6 Å². The number of nitrogens with one attached hydrogen (secondary N) is 2. The van der Waals surface area contributed by atoms with Crippen LogP contribution in [0, 0.1) is 5.92 Å². The molecule has 0 aromatic heterocycles. The molecular formula is C14H17BrN2O3. The first-order chi connectivity index (χ1) is 9.61. The summed E-state index contributed by atoms with van der Waals surface area (Å²) in [6.45, 7) is 0.874. The minimum absolute atomic E-state index is 0.0893. The van der Waals surface area contributed by atoms with Crippen LogP contribution < -0.4 is 15.4 Å². The molecule has 0 aliphatic heterocycles. The highest BCUT2D eigenvalue weighted by Crippen LogP contribution is 2.28. The van der Waals surface area contributed by atoms with Crippen molar-refractivity contribution in [3.05, 3.63) is 28.2 Å². The van der Waals surface area contributed by atoms with E-state index in [1.54, 1.807) is 25.3 Å². The van der Waals surface area contributed by atoms with Crippen molar-refractivity contribution < 1.29 is 14.3 Å². The van der Waals surface area contributed by atoms with Crippen molar-refractivity contribution in [2.45, 2.75) is 12.8 Å². The number of halogens is 1. The molecule has 0 bridgehead atoms. The number of carbonyl (C=O) groups is 2. The lowest BCUT2D eigenvalue weighted by Gasteiger charge is -2.08. The largest absolute Gasteiger partial charge is 0.496 e. The maximum atomic E-state index is 11.9. The molecule has 0 unspecified atom stereocenters. The molecule has 1 aliphatic rings. The van der Waals surface area contributed by atoms with E-state index < -0.39 is 0 Å². The van der Waals surface area contributed by atoms with Crippen LogP contribution in [0.5, 0.6) is 5.75 Å². The average Bonchev–Trinajstić information content (AvgIpc) is 3.27. The van der Waals surface area contributed by atoms with Crippen molar-refractivity contribution in [2.24, 2.45) is 5.92 Å². The molecular weight excluding hydrogens is 324 g/mol. The van der Waals surface area contributed by atoms with E-state index in [1.807, 2.05) is 0 Å². The van der Waals surface area contributed by atoms with Crippen molar-refractivity contribution >= 4 is 27.7 Å². The van der Waals surface area contributed by atoms with Crippen LogP contribution in [-0.4, -0.2) is 32.0 Å². The van der Waals surface area contributed by atoms with E-state index in [4.69, 9.17) is 4.74 Å². The Balaban J connectivity index is 1.76. The molecule has 0 radical (unpaired) electrons. The van der Waals surface area contributed by atoms with E-state index in [2.05, 4.69) is 26.6 Å². The minimum atomic E-state index is -0.172. The summed E-state index contributed by atoms with van der Waals surface area (Å²) in [7, 11) is 1.57. The van der Waals surface area contributed by atoms with E-state index >= 15 is 0 Å². The van der Waals surface area contributed by atoms with Crippen LogP contribution in [0.1, 0.15) is 23.2 Å². The van der Waals surface area contributed by atoms with Gasteiger partial charge >= 0.3 is 0 Å². The first-order valence-corrected chi connectivity index (χ1v) is 7.30. The first kappa shape index (κ1) is 14.8. The quantitative estimate of drug-likeness (QED) is 0.774. The zero-order valence-electron chi connectivity index (χ0n) is 11.2. The van der Waals surface area contributed by atoms with Crippen LogP contribution >= 0.6 is 15.9 Å². The fourth-order valence-corrected chi connectivity index (χ4v) is 2.30. The van der Waals surface area contributed by atoms with Crippen LogP contribution in [0.4, 0.5) is 0 Å². The van der Waals surface area contributed by atoms with Gasteiger partial charge in [-0.1, -0.05) is 0 Å². The molecule has 0 saturated heterocycles. The monoisotopic (exact) mass is 340 g/mol. The van der Waals surface area contributed by atoms with Crippen LogP contribution in [0.3, 0.4) is 0 Å². The van der Waals surface area contributed by atoms with Gasteiger partial charge < -0.3 is 15.4 Å². The summed E-state index contributed by atoms with van der Waals surface area (Å²) >= 11 is 3.34. The van der Waals surface area contributed by atoms with Gasteiger partial charge in [0.25, 0.3) is 5.91 Å². The van der Waals surface area contributed by atoms with E-state index in [9.17, 15) is 9.59 Å². The van der Waals surface area contributed by atoms with Crippen LogP contribution in [0.25, 0.3) is 0 Å². The second-order valence-electron chi connectivity index (χ2n) is 4.67. The van der Waals surface area contributed by atoms with Crippen LogP contribution in [0.2, 0.25) is 0 Å². The van der Waals surface area contributed by atoms with Gasteiger partial charge in [0, 0.05) is 24.6 Å². The maximum Gasteiger partial charge on any atom is 0.251 e. The van der Waals surface area contributed by atoms with Gasteiger partial charge in [-0.25, -0.2) is 0 Å². The van der Waals surface area contributed by atoms with Gasteiger partial charge in [0.1, 0.15) is 5.75 Å². The lowest BCUT2D eigenvalue weighted by Crippen LogP contribution is -2.35. The fourth-order valence-electron chi connectivity index (χ4n) is 1.76. The lowest BCUT2D eigenvalue weighted by atomic mass is 10.2. The molecule has 0 heterocycles. The SMILES string of the molecule is COc1ccc(C(=O)NCCNC(=O)C2CC2)cc1Br. The zero-order valence-corrected chi connectivity index (χ0v) is 12.8. The molecule has 6 heteroatoms. The molecule has 0 atom stereocenters. The molecule has 108 valence electrons. The van der Waals surface area contributed by atoms with Gasteiger partial charge in [-0.05, 0) is 47.0 Å². The second kappa shape index (κ2) is 6.74. The molecule has 20 heavy (non-hydrogen) atoms. The molecule has 5 nitrogen and oxygen atoms in total. The predicted octanol–water partition coefficient (Wildman–Crippen LogP) is 1.71. The number of methoxy groups -OCH3 is 1.